The minimum Gasteiger partial charge on any atom is -0.478 e. The first-order valence-corrected chi connectivity index (χ1v) is 7.29. The molecule has 1 N–H and O–H groups in total. The second-order valence-electron chi connectivity index (χ2n) is 5.78. The predicted octanol–water partition coefficient (Wildman–Crippen LogP) is 3.26. The average molecular weight is 268 g/mol. The largest absolute Gasteiger partial charge is 0.478 e. The van der Waals surface area contributed by atoms with E-state index in [9.17, 15) is 9.90 Å². The van der Waals surface area contributed by atoms with Gasteiger partial charge in [0.1, 0.15) is 0 Å². The van der Waals surface area contributed by atoms with E-state index < -0.39 is 11.8 Å². The van der Waals surface area contributed by atoms with Crippen LogP contribution in [0.4, 0.5) is 0 Å². The first kappa shape index (κ1) is 14.5. The van der Waals surface area contributed by atoms with E-state index in [2.05, 4.69) is 6.58 Å². The Morgan fingerprint density at radius 2 is 1.42 bits per heavy atom. The van der Waals surface area contributed by atoms with Crippen LogP contribution in [0.5, 0.6) is 0 Å². The number of carbonyl (C=O) groups is 1. The van der Waals surface area contributed by atoms with Gasteiger partial charge in [-0.1, -0.05) is 32.3 Å². The molecule has 2 saturated carbocycles. The molecule has 0 radical (unpaired) electrons. The lowest BCUT2D eigenvalue weighted by Crippen LogP contribution is -2.42. The van der Waals surface area contributed by atoms with Gasteiger partial charge in [-0.2, -0.15) is 0 Å². The summed E-state index contributed by atoms with van der Waals surface area (Å²) in [5, 5.41) is 9.21. The van der Waals surface area contributed by atoms with Crippen LogP contribution in [-0.2, 0) is 14.3 Å². The molecule has 108 valence electrons. The lowest BCUT2D eigenvalue weighted by Gasteiger charge is -2.35. The molecule has 19 heavy (non-hydrogen) atoms. The molecule has 0 unspecified atom stereocenters. The van der Waals surface area contributed by atoms with E-state index in [-0.39, 0.29) is 17.8 Å². The summed E-state index contributed by atoms with van der Waals surface area (Å²) in [5.74, 6) is -2.23. The number of aliphatic carboxylic acids is 1. The maximum atomic E-state index is 11.2. The number of carboxylic acids is 1. The molecule has 0 atom stereocenters. The molecule has 0 aromatic rings. The summed E-state index contributed by atoms with van der Waals surface area (Å²) in [6.45, 7) is 5.37. The molecule has 4 nitrogen and oxygen atoms in total. The molecule has 0 aromatic heterocycles. The standard InChI is InChI=1S/C15H24O4/c1-11(14(16)17)15(2,18-12-7-3-4-8-12)19-13-9-5-6-10-13/h12-13H,1,3-10H2,2H3,(H,16,17). The Labute approximate surface area is 114 Å². The minimum atomic E-state index is -1.18. The summed E-state index contributed by atoms with van der Waals surface area (Å²) in [7, 11) is 0. The second kappa shape index (κ2) is 6.06. The van der Waals surface area contributed by atoms with Crippen LogP contribution in [0.1, 0.15) is 58.3 Å². The third-order valence-corrected chi connectivity index (χ3v) is 4.19. The first-order chi connectivity index (χ1) is 9.01. The third kappa shape index (κ3) is 3.57. The summed E-state index contributed by atoms with van der Waals surface area (Å²) < 4.78 is 12.0. The van der Waals surface area contributed by atoms with Crippen LogP contribution in [0.2, 0.25) is 0 Å². The molecule has 0 bridgehead atoms. The van der Waals surface area contributed by atoms with Crippen LogP contribution < -0.4 is 0 Å². The molecule has 0 aromatic carbocycles. The molecule has 2 aliphatic carbocycles. The molecule has 2 rings (SSSR count). The smallest absolute Gasteiger partial charge is 0.336 e. The van der Waals surface area contributed by atoms with Crippen molar-refractivity contribution in [3.63, 3.8) is 0 Å². The van der Waals surface area contributed by atoms with Crippen molar-refractivity contribution in [1.82, 2.24) is 0 Å². The number of hydrogen-bond acceptors (Lipinski definition) is 3. The van der Waals surface area contributed by atoms with Gasteiger partial charge in [0, 0.05) is 0 Å². The van der Waals surface area contributed by atoms with Crippen LogP contribution in [0.25, 0.3) is 0 Å². The van der Waals surface area contributed by atoms with Gasteiger partial charge in [-0.05, 0) is 32.6 Å². The van der Waals surface area contributed by atoms with Crippen molar-refractivity contribution >= 4 is 5.97 Å². The fourth-order valence-electron chi connectivity index (χ4n) is 3.01. The van der Waals surface area contributed by atoms with Crippen LogP contribution >= 0.6 is 0 Å². The quantitative estimate of drug-likeness (QED) is 0.593. The topological polar surface area (TPSA) is 55.8 Å². The maximum absolute atomic E-state index is 11.2. The number of hydrogen-bond donors (Lipinski definition) is 1. The normalized spacial score (nSPS) is 21.9. The summed E-state index contributed by atoms with van der Waals surface area (Å²) in [6, 6.07) is 0. The van der Waals surface area contributed by atoms with Crippen molar-refractivity contribution < 1.29 is 19.4 Å². The van der Waals surface area contributed by atoms with Crippen LogP contribution in [0, 0.1) is 0 Å². The van der Waals surface area contributed by atoms with Gasteiger partial charge >= 0.3 is 5.97 Å². The lowest BCUT2D eigenvalue weighted by atomic mass is 10.1. The minimum absolute atomic E-state index is 0.00583. The van der Waals surface area contributed by atoms with E-state index in [4.69, 9.17) is 9.47 Å². The number of rotatable bonds is 6. The van der Waals surface area contributed by atoms with Crippen molar-refractivity contribution in [3.05, 3.63) is 12.2 Å². The van der Waals surface area contributed by atoms with Gasteiger partial charge in [-0.25, -0.2) is 4.79 Å². The number of carboxylic acid groups (broad SMARTS) is 1. The zero-order valence-electron chi connectivity index (χ0n) is 11.7. The van der Waals surface area contributed by atoms with E-state index in [0.29, 0.717) is 0 Å². The van der Waals surface area contributed by atoms with E-state index in [0.717, 1.165) is 51.4 Å². The first-order valence-electron chi connectivity index (χ1n) is 7.29. The highest BCUT2D eigenvalue weighted by Gasteiger charge is 2.40. The van der Waals surface area contributed by atoms with Crippen LogP contribution in [-0.4, -0.2) is 29.1 Å². The van der Waals surface area contributed by atoms with Crippen molar-refractivity contribution in [2.24, 2.45) is 0 Å². The molecule has 0 heterocycles. The predicted molar refractivity (Wildman–Crippen MR) is 71.9 cm³/mol. The fraction of sp³-hybridized carbons (Fsp3) is 0.800. The Bertz CT molecular complexity index is 320. The Morgan fingerprint density at radius 1 is 1.05 bits per heavy atom. The molecular formula is C15H24O4. The Balaban J connectivity index is 2.05. The fourth-order valence-corrected chi connectivity index (χ4v) is 3.01. The van der Waals surface area contributed by atoms with Gasteiger partial charge < -0.3 is 14.6 Å². The summed E-state index contributed by atoms with van der Waals surface area (Å²) in [5.41, 5.74) is 0.00583. The van der Waals surface area contributed by atoms with Gasteiger partial charge in [0.2, 0.25) is 0 Å². The average Bonchev–Trinajstić information content (AvgIpc) is 3.01. The summed E-state index contributed by atoms with van der Waals surface area (Å²) >= 11 is 0. The number of ether oxygens (including phenoxy) is 2. The summed E-state index contributed by atoms with van der Waals surface area (Å²) in [4.78, 5) is 11.2. The maximum Gasteiger partial charge on any atom is 0.336 e. The zero-order chi connectivity index (χ0) is 13.9. The Kier molecular flexibility index (Phi) is 4.63. The van der Waals surface area contributed by atoms with Crippen LogP contribution in [0.15, 0.2) is 12.2 Å². The van der Waals surface area contributed by atoms with Crippen molar-refractivity contribution in [2.75, 3.05) is 0 Å². The molecule has 0 spiro atoms. The van der Waals surface area contributed by atoms with Crippen molar-refractivity contribution in [1.29, 1.82) is 0 Å². The highest BCUT2D eigenvalue weighted by molar-refractivity contribution is 5.87. The lowest BCUT2D eigenvalue weighted by molar-refractivity contribution is -0.244. The summed E-state index contributed by atoms with van der Waals surface area (Å²) in [6.07, 6.45) is 8.70. The monoisotopic (exact) mass is 268 g/mol. The van der Waals surface area contributed by atoms with Gasteiger partial charge in [0.05, 0.1) is 17.8 Å². The van der Waals surface area contributed by atoms with Gasteiger partial charge in [-0.3, -0.25) is 0 Å². The molecule has 0 saturated heterocycles. The van der Waals surface area contributed by atoms with E-state index in [1.165, 1.54) is 0 Å². The van der Waals surface area contributed by atoms with Crippen LogP contribution in [0.3, 0.4) is 0 Å². The van der Waals surface area contributed by atoms with E-state index >= 15 is 0 Å². The van der Waals surface area contributed by atoms with Gasteiger partial charge in [0.25, 0.3) is 0 Å². The van der Waals surface area contributed by atoms with E-state index in [1.54, 1.807) is 6.92 Å². The Morgan fingerprint density at radius 3 is 1.74 bits per heavy atom. The van der Waals surface area contributed by atoms with Crippen molar-refractivity contribution in [3.8, 4) is 0 Å². The molecule has 2 fully saturated rings. The second-order valence-corrected chi connectivity index (χ2v) is 5.78. The highest BCUT2D eigenvalue weighted by atomic mass is 16.7. The van der Waals surface area contributed by atoms with E-state index in [1.807, 2.05) is 0 Å². The molecule has 0 amide bonds. The molecule has 2 aliphatic rings. The highest BCUT2D eigenvalue weighted by Crippen LogP contribution is 2.34. The van der Waals surface area contributed by atoms with Gasteiger partial charge in [0.15, 0.2) is 5.79 Å². The third-order valence-electron chi connectivity index (χ3n) is 4.19. The molecular weight excluding hydrogens is 244 g/mol. The van der Waals surface area contributed by atoms with Crippen molar-refractivity contribution in [2.45, 2.75) is 76.3 Å². The molecule has 0 aliphatic heterocycles. The van der Waals surface area contributed by atoms with Gasteiger partial charge in [-0.15, -0.1) is 0 Å². The zero-order valence-corrected chi connectivity index (χ0v) is 11.7. The Hall–Kier alpha value is -0.870. The molecule has 4 heteroatoms. The SMILES string of the molecule is C=C(C(=O)O)C(C)(OC1CCCC1)OC1CCCC1.